The Morgan fingerprint density at radius 2 is 2.02 bits per heavy atom. The van der Waals surface area contributed by atoms with Gasteiger partial charge in [-0.25, -0.2) is 17.9 Å². The standard InChI is InChI=1S/C35H44ClN3O8S/c1-34(2)32(40)38-48(42,43)26-10-13-31-29(19-26)39(21-35(22-45-31)14-4-6-23-18-25(36)9-12-28(23)35)20-24-8-11-27(24)30(7-5-16-46-34)47-33(41)37-15-17-44-3/h5,7,9-10,12-13,18-19,24,27,30H,4,6,8,11,14-17,20-22H2,1-3H3,(H,37,41)(H,38,40)/b7-5+/t24-,27+,30-,35-/m0/s1. The number of benzene rings is 2. The van der Waals surface area contributed by atoms with Gasteiger partial charge in [-0.1, -0.05) is 23.7 Å². The molecule has 48 heavy (non-hydrogen) atoms. The van der Waals surface area contributed by atoms with Crippen LogP contribution in [0.5, 0.6) is 5.75 Å². The number of halogens is 1. The first kappa shape index (κ1) is 34.5. The number of ether oxygens (including phenoxy) is 4. The van der Waals surface area contributed by atoms with E-state index in [1.807, 2.05) is 18.2 Å². The van der Waals surface area contributed by atoms with Gasteiger partial charge < -0.3 is 29.2 Å². The van der Waals surface area contributed by atoms with Gasteiger partial charge in [0.15, 0.2) is 0 Å². The predicted octanol–water partition coefficient (Wildman–Crippen LogP) is 4.75. The molecule has 2 N–H and O–H groups in total. The zero-order valence-corrected chi connectivity index (χ0v) is 29.2. The highest BCUT2D eigenvalue weighted by Crippen LogP contribution is 2.47. The Kier molecular flexibility index (Phi) is 10.00. The van der Waals surface area contributed by atoms with Crippen molar-refractivity contribution in [2.24, 2.45) is 11.8 Å². The lowest BCUT2D eigenvalue weighted by atomic mass is 9.68. The van der Waals surface area contributed by atoms with E-state index in [2.05, 4.69) is 21.0 Å². The first-order chi connectivity index (χ1) is 22.9. The number of aryl methyl sites for hydroxylation is 1. The van der Waals surface area contributed by atoms with Gasteiger partial charge in [0.1, 0.15) is 17.5 Å². The van der Waals surface area contributed by atoms with Crippen LogP contribution >= 0.6 is 11.6 Å². The van der Waals surface area contributed by atoms with Crippen LogP contribution in [0, 0.1) is 11.8 Å². The van der Waals surface area contributed by atoms with Crippen molar-refractivity contribution in [1.29, 1.82) is 0 Å². The molecule has 2 heterocycles. The molecule has 2 aromatic carbocycles. The number of fused-ring (bicyclic) bond motifs is 4. The molecule has 4 atom stereocenters. The van der Waals surface area contributed by atoms with Gasteiger partial charge in [-0.3, -0.25) is 4.79 Å². The third kappa shape index (κ3) is 7.17. The van der Waals surface area contributed by atoms with Crippen LogP contribution in [0.15, 0.2) is 53.4 Å². The maximum absolute atomic E-state index is 13.6. The highest BCUT2D eigenvalue weighted by atomic mass is 35.5. The monoisotopic (exact) mass is 701 g/mol. The lowest BCUT2D eigenvalue weighted by Gasteiger charge is -2.46. The zero-order valence-electron chi connectivity index (χ0n) is 27.6. The summed E-state index contributed by atoms with van der Waals surface area (Å²) in [6, 6.07) is 10.8. The van der Waals surface area contributed by atoms with E-state index in [9.17, 15) is 18.0 Å². The fourth-order valence-electron chi connectivity index (χ4n) is 7.30. The van der Waals surface area contributed by atoms with E-state index in [0.717, 1.165) is 32.1 Å². The van der Waals surface area contributed by atoms with Crippen LogP contribution in [0.2, 0.25) is 5.02 Å². The summed E-state index contributed by atoms with van der Waals surface area (Å²) in [7, 11) is -2.68. The van der Waals surface area contributed by atoms with E-state index in [-0.39, 0.29) is 28.8 Å². The maximum atomic E-state index is 13.6. The highest BCUT2D eigenvalue weighted by molar-refractivity contribution is 7.90. The van der Waals surface area contributed by atoms with Crippen LogP contribution in [0.4, 0.5) is 10.5 Å². The molecule has 1 saturated carbocycles. The molecule has 0 saturated heterocycles. The molecule has 1 fully saturated rings. The molecule has 2 amide bonds. The molecule has 1 spiro atoms. The Balaban J connectivity index is 1.40. The number of carbonyl (C=O) groups is 2. The lowest BCUT2D eigenvalue weighted by molar-refractivity contribution is -0.139. The predicted molar refractivity (Wildman–Crippen MR) is 181 cm³/mol. The Hall–Kier alpha value is -3.32. The molecule has 2 bridgehead atoms. The summed E-state index contributed by atoms with van der Waals surface area (Å²) in [6.45, 7) is 5.30. The zero-order chi connectivity index (χ0) is 34.1. The van der Waals surface area contributed by atoms with Gasteiger partial charge in [0.05, 0.1) is 30.4 Å². The average Bonchev–Trinajstić information content (AvgIpc) is 3.17. The topological polar surface area (TPSA) is 132 Å². The number of nitrogens with zero attached hydrogens (tertiary/aromatic N) is 1. The highest BCUT2D eigenvalue weighted by Gasteiger charge is 2.45. The first-order valence-corrected chi connectivity index (χ1v) is 18.4. The fourth-order valence-corrected chi connectivity index (χ4v) is 8.62. The van der Waals surface area contributed by atoms with Crippen molar-refractivity contribution in [2.75, 3.05) is 51.5 Å². The number of anilines is 1. The molecule has 0 aromatic heterocycles. The smallest absolute Gasteiger partial charge is 0.407 e. The second-order valence-corrected chi connectivity index (χ2v) is 15.8. The van der Waals surface area contributed by atoms with E-state index < -0.39 is 33.7 Å². The van der Waals surface area contributed by atoms with Gasteiger partial charge in [-0.05, 0) is 99.4 Å². The molecule has 0 radical (unpaired) electrons. The molecule has 2 aliphatic carbocycles. The minimum absolute atomic E-state index is 0.00609. The number of hydrogen-bond acceptors (Lipinski definition) is 9. The van der Waals surface area contributed by atoms with Crippen LogP contribution in [0.25, 0.3) is 0 Å². The second-order valence-electron chi connectivity index (χ2n) is 13.7. The van der Waals surface area contributed by atoms with Crippen molar-refractivity contribution in [3.05, 3.63) is 64.7 Å². The van der Waals surface area contributed by atoms with Crippen molar-refractivity contribution in [2.45, 2.75) is 68.0 Å². The number of carbonyl (C=O) groups excluding carboxylic acids is 2. The Labute approximate surface area is 287 Å². The molecule has 11 nitrogen and oxygen atoms in total. The van der Waals surface area contributed by atoms with Crippen LogP contribution in [-0.4, -0.2) is 78.7 Å². The third-order valence-corrected chi connectivity index (χ3v) is 11.7. The van der Waals surface area contributed by atoms with Gasteiger partial charge >= 0.3 is 6.09 Å². The molecule has 0 unspecified atom stereocenters. The van der Waals surface area contributed by atoms with Crippen molar-refractivity contribution in [3.8, 4) is 5.75 Å². The number of sulfonamides is 1. The summed E-state index contributed by atoms with van der Waals surface area (Å²) in [6.07, 6.45) is 6.99. The largest absolute Gasteiger partial charge is 0.490 e. The Bertz CT molecular complexity index is 1680. The van der Waals surface area contributed by atoms with Gasteiger partial charge in [-0.2, -0.15) is 0 Å². The van der Waals surface area contributed by atoms with Gasteiger partial charge in [0, 0.05) is 43.1 Å². The number of amides is 2. The molecule has 2 aliphatic heterocycles. The molecule has 13 heteroatoms. The van der Waals surface area contributed by atoms with E-state index in [1.165, 1.54) is 31.0 Å². The second kappa shape index (κ2) is 13.9. The van der Waals surface area contributed by atoms with E-state index in [1.54, 1.807) is 25.3 Å². The third-order valence-electron chi connectivity index (χ3n) is 10.1. The number of methoxy groups -OCH3 is 1. The van der Waals surface area contributed by atoms with Crippen molar-refractivity contribution in [1.82, 2.24) is 10.0 Å². The summed E-state index contributed by atoms with van der Waals surface area (Å²) < 4.78 is 52.8. The first-order valence-electron chi connectivity index (χ1n) is 16.5. The molecule has 6 rings (SSSR count). The SMILES string of the molecule is COCCNC(=O)O[C@H]1/C=C/COC(C)(C)C(=O)NS(=O)(=O)c2ccc3c(c2)N(C[C@@H]2CC[C@H]21)C[C@@]1(CCCc2cc(Cl)ccc21)CO3. The summed E-state index contributed by atoms with van der Waals surface area (Å²) in [5, 5.41) is 3.44. The minimum atomic E-state index is -4.24. The number of alkyl carbamates (subject to hydrolysis) is 1. The Morgan fingerprint density at radius 3 is 2.79 bits per heavy atom. The minimum Gasteiger partial charge on any atom is -0.490 e. The van der Waals surface area contributed by atoms with E-state index in [4.69, 9.17) is 30.5 Å². The fraction of sp³-hybridized carbons (Fsp3) is 0.543. The molecular formula is C35H44ClN3O8S. The van der Waals surface area contributed by atoms with Crippen LogP contribution < -0.4 is 19.7 Å². The normalized spacial score (nSPS) is 28.4. The van der Waals surface area contributed by atoms with Crippen LogP contribution in [0.3, 0.4) is 0 Å². The molecular weight excluding hydrogens is 658 g/mol. The van der Waals surface area contributed by atoms with Gasteiger partial charge in [0.25, 0.3) is 15.9 Å². The lowest BCUT2D eigenvalue weighted by Crippen LogP contribution is -2.50. The molecule has 2 aromatic rings. The van der Waals surface area contributed by atoms with Crippen LogP contribution in [-0.2, 0) is 40.9 Å². The molecule has 260 valence electrons. The summed E-state index contributed by atoms with van der Waals surface area (Å²) in [4.78, 5) is 28.2. The number of rotatable bonds is 4. The number of nitrogens with one attached hydrogen (secondary N) is 2. The molecule has 4 aliphatic rings. The van der Waals surface area contributed by atoms with Gasteiger partial charge in [0.2, 0.25) is 0 Å². The van der Waals surface area contributed by atoms with Crippen LogP contribution in [0.1, 0.15) is 50.7 Å². The summed E-state index contributed by atoms with van der Waals surface area (Å²) >= 11 is 6.42. The van der Waals surface area contributed by atoms with Crippen molar-refractivity contribution >= 4 is 39.3 Å². The summed E-state index contributed by atoms with van der Waals surface area (Å²) in [5.74, 6) is -0.0875. The Morgan fingerprint density at radius 1 is 1.19 bits per heavy atom. The summed E-state index contributed by atoms with van der Waals surface area (Å²) in [5.41, 5.74) is 1.21. The quantitative estimate of drug-likeness (QED) is 0.343. The van der Waals surface area contributed by atoms with Gasteiger partial charge in [-0.15, -0.1) is 0 Å². The average molecular weight is 702 g/mol. The van der Waals surface area contributed by atoms with E-state index in [0.29, 0.717) is 49.3 Å². The van der Waals surface area contributed by atoms with Crippen molar-refractivity contribution in [3.63, 3.8) is 0 Å². The van der Waals surface area contributed by atoms with E-state index >= 15 is 0 Å². The van der Waals surface area contributed by atoms with Crippen molar-refractivity contribution < 1.29 is 37.0 Å². The maximum Gasteiger partial charge on any atom is 0.407 e. The number of hydrogen-bond donors (Lipinski definition) is 2.